The average Bonchev–Trinajstić information content (AvgIpc) is 2.26. The van der Waals surface area contributed by atoms with Gasteiger partial charge >= 0.3 is 0 Å². The summed E-state index contributed by atoms with van der Waals surface area (Å²) in [5, 5.41) is 4.05. The van der Waals surface area contributed by atoms with Gasteiger partial charge in [0.05, 0.1) is 5.69 Å². The standard InChI is InChI=1S/C12H16N2O/c1-11-5-7-12(8-6-11)14-13-9-3-2-4-10-15/h5-10,14H,2-4H2,1H3. The molecule has 0 radical (unpaired) electrons. The van der Waals surface area contributed by atoms with Crippen molar-refractivity contribution in [1.82, 2.24) is 0 Å². The van der Waals surface area contributed by atoms with Crippen LogP contribution in [0.5, 0.6) is 0 Å². The summed E-state index contributed by atoms with van der Waals surface area (Å²) < 4.78 is 0. The molecule has 1 rings (SSSR count). The van der Waals surface area contributed by atoms with Crippen molar-refractivity contribution in [2.45, 2.75) is 26.2 Å². The first-order valence-corrected chi connectivity index (χ1v) is 5.11. The second-order valence-electron chi connectivity index (χ2n) is 3.39. The molecule has 0 amide bonds. The van der Waals surface area contributed by atoms with Gasteiger partial charge in [-0.2, -0.15) is 5.10 Å². The molecule has 0 aliphatic carbocycles. The van der Waals surface area contributed by atoms with E-state index in [0.717, 1.165) is 24.8 Å². The first kappa shape index (κ1) is 11.4. The number of unbranched alkanes of at least 4 members (excludes halogenated alkanes) is 2. The molecule has 0 aromatic heterocycles. The molecule has 3 heteroatoms. The zero-order chi connectivity index (χ0) is 10.9. The number of carbonyl (C=O) groups is 1. The van der Waals surface area contributed by atoms with E-state index in [9.17, 15) is 4.79 Å². The van der Waals surface area contributed by atoms with Gasteiger partial charge in [0.15, 0.2) is 0 Å². The molecule has 0 spiro atoms. The van der Waals surface area contributed by atoms with Gasteiger partial charge in [-0.25, -0.2) is 0 Å². The summed E-state index contributed by atoms with van der Waals surface area (Å²) in [5.74, 6) is 0. The Labute approximate surface area is 90.2 Å². The fraction of sp³-hybridized carbons (Fsp3) is 0.333. The Balaban J connectivity index is 2.24. The van der Waals surface area contributed by atoms with Crippen LogP contribution >= 0.6 is 0 Å². The van der Waals surface area contributed by atoms with Gasteiger partial charge in [-0.3, -0.25) is 5.43 Å². The number of anilines is 1. The summed E-state index contributed by atoms with van der Waals surface area (Å²) >= 11 is 0. The number of aryl methyl sites for hydroxylation is 1. The largest absolute Gasteiger partial charge is 0.303 e. The SMILES string of the molecule is Cc1ccc(NN=CCCCC=O)cc1. The highest BCUT2D eigenvalue weighted by Gasteiger charge is 1.87. The van der Waals surface area contributed by atoms with Crippen LogP contribution in [-0.2, 0) is 4.79 Å². The molecule has 3 nitrogen and oxygen atoms in total. The van der Waals surface area contributed by atoms with Gasteiger partial charge < -0.3 is 4.79 Å². The third-order valence-electron chi connectivity index (χ3n) is 1.99. The van der Waals surface area contributed by atoms with E-state index in [0.29, 0.717) is 6.42 Å². The summed E-state index contributed by atoms with van der Waals surface area (Å²) in [6.45, 7) is 2.05. The molecule has 0 aliphatic rings. The van der Waals surface area contributed by atoms with Crippen LogP contribution in [0, 0.1) is 6.92 Å². The lowest BCUT2D eigenvalue weighted by atomic mass is 10.2. The molecule has 1 aromatic rings. The maximum absolute atomic E-state index is 10.0. The maximum Gasteiger partial charge on any atom is 0.120 e. The van der Waals surface area contributed by atoms with Crippen LogP contribution in [0.1, 0.15) is 24.8 Å². The van der Waals surface area contributed by atoms with Crippen LogP contribution in [0.4, 0.5) is 5.69 Å². The molecular formula is C12H16N2O. The van der Waals surface area contributed by atoms with E-state index in [1.165, 1.54) is 5.56 Å². The smallest absolute Gasteiger partial charge is 0.120 e. The Morgan fingerprint density at radius 1 is 1.27 bits per heavy atom. The molecule has 0 bridgehead atoms. The van der Waals surface area contributed by atoms with Gasteiger partial charge in [0.1, 0.15) is 6.29 Å². The normalized spacial score (nSPS) is 10.5. The molecule has 0 saturated heterocycles. The molecule has 1 N–H and O–H groups in total. The van der Waals surface area contributed by atoms with E-state index in [1.807, 2.05) is 31.2 Å². The van der Waals surface area contributed by atoms with Gasteiger partial charge in [-0.1, -0.05) is 17.7 Å². The lowest BCUT2D eigenvalue weighted by Crippen LogP contribution is -1.89. The molecule has 0 unspecified atom stereocenters. The van der Waals surface area contributed by atoms with Crippen LogP contribution < -0.4 is 5.43 Å². The van der Waals surface area contributed by atoms with E-state index in [4.69, 9.17) is 0 Å². The zero-order valence-corrected chi connectivity index (χ0v) is 8.94. The van der Waals surface area contributed by atoms with E-state index < -0.39 is 0 Å². The first-order chi connectivity index (χ1) is 7.33. The Morgan fingerprint density at radius 2 is 2.00 bits per heavy atom. The number of aldehydes is 1. The van der Waals surface area contributed by atoms with Gasteiger partial charge in [0.2, 0.25) is 0 Å². The lowest BCUT2D eigenvalue weighted by molar-refractivity contribution is -0.107. The molecule has 80 valence electrons. The van der Waals surface area contributed by atoms with Crippen LogP contribution in [0.15, 0.2) is 29.4 Å². The van der Waals surface area contributed by atoms with Gasteiger partial charge in [-0.15, -0.1) is 0 Å². The number of hydrazone groups is 1. The highest BCUT2D eigenvalue weighted by atomic mass is 16.1. The quantitative estimate of drug-likeness (QED) is 0.335. The number of nitrogens with zero attached hydrogens (tertiary/aromatic N) is 1. The highest BCUT2D eigenvalue weighted by molar-refractivity contribution is 5.60. The van der Waals surface area contributed by atoms with Gasteiger partial charge in [0.25, 0.3) is 0 Å². The van der Waals surface area contributed by atoms with Crippen LogP contribution in [0.3, 0.4) is 0 Å². The van der Waals surface area contributed by atoms with E-state index in [1.54, 1.807) is 6.21 Å². The van der Waals surface area contributed by atoms with Crippen molar-refractivity contribution in [3.8, 4) is 0 Å². The number of hydrogen-bond acceptors (Lipinski definition) is 3. The number of nitrogens with one attached hydrogen (secondary N) is 1. The van der Waals surface area contributed by atoms with Crippen molar-refractivity contribution in [3.05, 3.63) is 29.8 Å². The monoisotopic (exact) mass is 204 g/mol. The summed E-state index contributed by atoms with van der Waals surface area (Å²) in [5.41, 5.74) is 5.14. The minimum atomic E-state index is 0.608. The Morgan fingerprint density at radius 3 is 2.67 bits per heavy atom. The topological polar surface area (TPSA) is 41.5 Å². The summed E-state index contributed by atoms with van der Waals surface area (Å²) in [6, 6.07) is 8.03. The summed E-state index contributed by atoms with van der Waals surface area (Å²) in [7, 11) is 0. The number of hydrogen-bond donors (Lipinski definition) is 1. The predicted molar refractivity (Wildman–Crippen MR) is 63.2 cm³/mol. The van der Waals surface area contributed by atoms with Crippen LogP contribution in [0.25, 0.3) is 0 Å². The number of rotatable bonds is 6. The Hall–Kier alpha value is -1.64. The minimum absolute atomic E-state index is 0.608. The second kappa shape index (κ2) is 6.76. The molecule has 0 heterocycles. The number of carbonyl (C=O) groups excluding carboxylic acids is 1. The van der Waals surface area contributed by atoms with Crippen LogP contribution in [-0.4, -0.2) is 12.5 Å². The van der Waals surface area contributed by atoms with Crippen molar-refractivity contribution < 1.29 is 4.79 Å². The van der Waals surface area contributed by atoms with Crippen molar-refractivity contribution in [3.63, 3.8) is 0 Å². The predicted octanol–water partition coefficient (Wildman–Crippen LogP) is 2.76. The molecule has 1 aromatic carbocycles. The average molecular weight is 204 g/mol. The molecule has 0 saturated carbocycles. The van der Waals surface area contributed by atoms with Crippen LogP contribution in [0.2, 0.25) is 0 Å². The van der Waals surface area contributed by atoms with Crippen molar-refractivity contribution >= 4 is 18.2 Å². The molecule has 0 atom stereocenters. The third kappa shape index (κ3) is 4.96. The summed E-state index contributed by atoms with van der Waals surface area (Å²) in [6.07, 6.45) is 5.03. The van der Waals surface area contributed by atoms with E-state index >= 15 is 0 Å². The fourth-order valence-corrected chi connectivity index (χ4v) is 1.11. The minimum Gasteiger partial charge on any atom is -0.303 e. The maximum atomic E-state index is 10.0. The van der Waals surface area contributed by atoms with Crippen molar-refractivity contribution in [2.24, 2.45) is 5.10 Å². The molecular weight excluding hydrogens is 188 g/mol. The second-order valence-corrected chi connectivity index (χ2v) is 3.39. The van der Waals surface area contributed by atoms with Crippen molar-refractivity contribution in [1.29, 1.82) is 0 Å². The number of benzene rings is 1. The first-order valence-electron chi connectivity index (χ1n) is 5.11. The zero-order valence-electron chi connectivity index (χ0n) is 8.94. The van der Waals surface area contributed by atoms with Gasteiger partial charge in [0, 0.05) is 12.6 Å². The molecule has 15 heavy (non-hydrogen) atoms. The Kier molecular flexibility index (Phi) is 5.15. The Bertz CT molecular complexity index is 317. The molecule has 0 fully saturated rings. The van der Waals surface area contributed by atoms with E-state index in [-0.39, 0.29) is 0 Å². The van der Waals surface area contributed by atoms with Crippen molar-refractivity contribution in [2.75, 3.05) is 5.43 Å². The molecule has 0 aliphatic heterocycles. The fourth-order valence-electron chi connectivity index (χ4n) is 1.11. The lowest BCUT2D eigenvalue weighted by Gasteiger charge is -1.99. The van der Waals surface area contributed by atoms with E-state index in [2.05, 4.69) is 10.5 Å². The summed E-state index contributed by atoms with van der Waals surface area (Å²) in [4.78, 5) is 10.0. The third-order valence-corrected chi connectivity index (χ3v) is 1.99. The van der Waals surface area contributed by atoms with Gasteiger partial charge in [-0.05, 0) is 31.9 Å². The highest BCUT2D eigenvalue weighted by Crippen LogP contribution is 2.07.